The third-order valence-corrected chi connectivity index (χ3v) is 5.24. The second kappa shape index (κ2) is 7.58. The van der Waals surface area contributed by atoms with Crippen molar-refractivity contribution in [2.45, 2.75) is 25.8 Å². The molecule has 1 aliphatic carbocycles. The van der Waals surface area contributed by atoms with Gasteiger partial charge in [0.2, 0.25) is 17.7 Å². The molecule has 2 aliphatic rings. The largest absolute Gasteiger partial charge is 0.352 e. The average Bonchev–Trinajstić information content (AvgIpc) is 2.84. The topological polar surface area (TPSA) is 66.5 Å². The molecule has 0 unspecified atom stereocenters. The van der Waals surface area contributed by atoms with Crippen molar-refractivity contribution in [1.29, 1.82) is 0 Å². The minimum Gasteiger partial charge on any atom is -0.352 e. The zero-order chi connectivity index (χ0) is 18.0. The van der Waals surface area contributed by atoms with Gasteiger partial charge in [-0.15, -0.1) is 0 Å². The second-order valence-electron chi connectivity index (χ2n) is 6.25. The van der Waals surface area contributed by atoms with Crippen LogP contribution in [0.1, 0.15) is 24.8 Å². The first-order valence-electron chi connectivity index (χ1n) is 8.18. The summed E-state index contributed by atoms with van der Waals surface area (Å²) in [6, 6.07) is 5.06. The highest BCUT2D eigenvalue weighted by atomic mass is 35.5. The Kier molecular flexibility index (Phi) is 5.45. The van der Waals surface area contributed by atoms with Gasteiger partial charge in [0.05, 0.1) is 11.8 Å². The summed E-state index contributed by atoms with van der Waals surface area (Å²) in [6.45, 7) is 0.386. The number of amides is 3. The molecule has 0 bridgehead atoms. The zero-order valence-electron chi connectivity index (χ0n) is 13.5. The van der Waals surface area contributed by atoms with Crippen LogP contribution in [-0.4, -0.2) is 29.2 Å². The highest BCUT2D eigenvalue weighted by Gasteiger charge is 2.46. The summed E-state index contributed by atoms with van der Waals surface area (Å²) in [5.74, 6) is -1.07. The summed E-state index contributed by atoms with van der Waals surface area (Å²) in [5.41, 5.74) is 0.754. The molecule has 3 amide bonds. The van der Waals surface area contributed by atoms with Crippen molar-refractivity contribution in [2.24, 2.45) is 11.8 Å². The van der Waals surface area contributed by atoms with Crippen molar-refractivity contribution in [2.75, 3.05) is 6.54 Å². The van der Waals surface area contributed by atoms with E-state index >= 15 is 0 Å². The molecule has 2 atom stereocenters. The van der Waals surface area contributed by atoms with E-state index in [0.717, 1.165) is 5.56 Å². The van der Waals surface area contributed by atoms with Crippen LogP contribution in [0.2, 0.25) is 10.0 Å². The number of nitrogens with zero attached hydrogens (tertiary/aromatic N) is 1. The SMILES string of the molecule is O=C(CCN1C(=O)[C@@H]2CC=CC[C@H]2C1=O)NCc1ccc(Cl)cc1Cl. The molecule has 0 spiro atoms. The number of hydrogen-bond donors (Lipinski definition) is 1. The van der Waals surface area contributed by atoms with Crippen LogP contribution >= 0.6 is 23.2 Å². The highest BCUT2D eigenvalue weighted by molar-refractivity contribution is 6.35. The lowest BCUT2D eigenvalue weighted by Crippen LogP contribution is -2.35. The van der Waals surface area contributed by atoms with Crippen molar-refractivity contribution in [3.8, 4) is 0 Å². The molecule has 3 rings (SSSR count). The van der Waals surface area contributed by atoms with Gasteiger partial charge in [0.25, 0.3) is 0 Å². The predicted octanol–water partition coefficient (Wildman–Crippen LogP) is 2.95. The molecule has 7 heteroatoms. The average molecular weight is 381 g/mol. The van der Waals surface area contributed by atoms with Crippen molar-refractivity contribution < 1.29 is 14.4 Å². The Morgan fingerprint density at radius 3 is 2.36 bits per heavy atom. The fraction of sp³-hybridized carbons (Fsp3) is 0.389. The zero-order valence-corrected chi connectivity index (χ0v) is 15.0. The number of hydrogen-bond acceptors (Lipinski definition) is 3. The van der Waals surface area contributed by atoms with Gasteiger partial charge in [-0.2, -0.15) is 0 Å². The van der Waals surface area contributed by atoms with Crippen LogP contribution in [0.3, 0.4) is 0 Å². The normalized spacial score (nSPS) is 22.2. The van der Waals surface area contributed by atoms with Crippen LogP contribution in [0, 0.1) is 11.8 Å². The molecule has 0 radical (unpaired) electrons. The Morgan fingerprint density at radius 2 is 1.76 bits per heavy atom. The monoisotopic (exact) mass is 380 g/mol. The summed E-state index contributed by atoms with van der Waals surface area (Å²) in [6.07, 6.45) is 5.17. The predicted molar refractivity (Wildman–Crippen MR) is 95.0 cm³/mol. The number of imide groups is 1. The van der Waals surface area contributed by atoms with Gasteiger partial charge in [0.15, 0.2) is 0 Å². The number of rotatable bonds is 5. The molecule has 5 nitrogen and oxygen atoms in total. The Bertz CT molecular complexity index is 722. The van der Waals surface area contributed by atoms with E-state index < -0.39 is 0 Å². The number of allylic oxidation sites excluding steroid dienone is 2. The molecule has 0 aromatic heterocycles. The maximum absolute atomic E-state index is 12.3. The van der Waals surface area contributed by atoms with Gasteiger partial charge in [-0.25, -0.2) is 0 Å². The van der Waals surface area contributed by atoms with E-state index in [1.54, 1.807) is 18.2 Å². The first kappa shape index (κ1) is 18.0. The van der Waals surface area contributed by atoms with E-state index in [4.69, 9.17) is 23.2 Å². The molecule has 1 N–H and O–H groups in total. The fourth-order valence-corrected chi connectivity index (χ4v) is 3.73. The molecular weight excluding hydrogens is 363 g/mol. The van der Waals surface area contributed by atoms with E-state index in [2.05, 4.69) is 5.32 Å². The van der Waals surface area contributed by atoms with Crippen molar-refractivity contribution in [3.63, 3.8) is 0 Å². The van der Waals surface area contributed by atoms with Crippen LogP contribution in [0.5, 0.6) is 0 Å². The summed E-state index contributed by atoms with van der Waals surface area (Å²) in [5, 5.41) is 3.76. The number of carbonyl (C=O) groups excluding carboxylic acids is 3. The fourth-order valence-electron chi connectivity index (χ4n) is 3.25. The number of halogens is 2. The molecular formula is C18H18Cl2N2O3. The Balaban J connectivity index is 1.51. The Hall–Kier alpha value is -1.85. The van der Waals surface area contributed by atoms with Gasteiger partial charge in [0.1, 0.15) is 0 Å². The lowest BCUT2D eigenvalue weighted by atomic mass is 9.85. The lowest BCUT2D eigenvalue weighted by molar-refractivity contribution is -0.140. The molecule has 132 valence electrons. The molecule has 1 aliphatic heterocycles. The van der Waals surface area contributed by atoms with Crippen LogP contribution in [-0.2, 0) is 20.9 Å². The third-order valence-electron chi connectivity index (χ3n) is 4.65. The highest BCUT2D eigenvalue weighted by Crippen LogP contribution is 2.35. The molecule has 1 saturated heterocycles. The van der Waals surface area contributed by atoms with Crippen LogP contribution < -0.4 is 5.32 Å². The maximum Gasteiger partial charge on any atom is 0.233 e. The number of likely N-dealkylation sites (tertiary alicyclic amines) is 1. The van der Waals surface area contributed by atoms with E-state index in [1.165, 1.54) is 4.90 Å². The molecule has 0 saturated carbocycles. The third kappa shape index (κ3) is 3.88. The summed E-state index contributed by atoms with van der Waals surface area (Å²) >= 11 is 11.9. The summed E-state index contributed by atoms with van der Waals surface area (Å²) in [7, 11) is 0. The standard InChI is InChI=1S/C18H18Cl2N2O3/c19-12-6-5-11(15(20)9-12)10-21-16(23)7-8-22-17(24)13-3-1-2-4-14(13)18(22)25/h1-2,5-6,9,13-14H,3-4,7-8,10H2,(H,21,23)/t13-,14-/m1/s1. The molecule has 1 heterocycles. The van der Waals surface area contributed by atoms with Crippen LogP contribution in [0.4, 0.5) is 0 Å². The number of nitrogens with one attached hydrogen (secondary N) is 1. The molecule has 1 aromatic carbocycles. The summed E-state index contributed by atoms with van der Waals surface area (Å²) < 4.78 is 0. The van der Waals surface area contributed by atoms with Crippen LogP contribution in [0.25, 0.3) is 0 Å². The van der Waals surface area contributed by atoms with Gasteiger partial charge in [0, 0.05) is 29.6 Å². The van der Waals surface area contributed by atoms with Crippen LogP contribution in [0.15, 0.2) is 30.4 Å². The van der Waals surface area contributed by atoms with Gasteiger partial charge in [-0.1, -0.05) is 41.4 Å². The van der Waals surface area contributed by atoms with E-state index in [0.29, 0.717) is 22.9 Å². The number of carbonyl (C=O) groups is 3. The van der Waals surface area contributed by atoms with E-state index in [1.807, 2.05) is 12.2 Å². The van der Waals surface area contributed by atoms with Gasteiger partial charge >= 0.3 is 0 Å². The Morgan fingerprint density at radius 1 is 1.12 bits per heavy atom. The molecule has 1 fully saturated rings. The van der Waals surface area contributed by atoms with Gasteiger partial charge < -0.3 is 5.32 Å². The Labute approximate surface area is 156 Å². The van der Waals surface area contributed by atoms with E-state index in [9.17, 15) is 14.4 Å². The number of fused-ring (bicyclic) bond motifs is 1. The van der Waals surface area contributed by atoms with Crippen molar-refractivity contribution in [1.82, 2.24) is 10.2 Å². The van der Waals surface area contributed by atoms with E-state index in [-0.39, 0.29) is 49.1 Å². The smallest absolute Gasteiger partial charge is 0.233 e. The van der Waals surface area contributed by atoms with Crippen molar-refractivity contribution in [3.05, 3.63) is 46.0 Å². The lowest BCUT2D eigenvalue weighted by Gasteiger charge is -2.14. The minimum absolute atomic E-state index is 0.0789. The molecule has 25 heavy (non-hydrogen) atoms. The minimum atomic E-state index is -0.256. The summed E-state index contributed by atoms with van der Waals surface area (Å²) in [4.78, 5) is 37.9. The first-order valence-corrected chi connectivity index (χ1v) is 8.94. The first-order chi connectivity index (χ1) is 12.0. The quantitative estimate of drug-likeness (QED) is 0.630. The maximum atomic E-state index is 12.3. The second-order valence-corrected chi connectivity index (χ2v) is 7.09. The van der Waals surface area contributed by atoms with Gasteiger partial charge in [-0.05, 0) is 30.5 Å². The number of benzene rings is 1. The molecule has 1 aromatic rings. The van der Waals surface area contributed by atoms with Crippen molar-refractivity contribution >= 4 is 40.9 Å². The van der Waals surface area contributed by atoms with Gasteiger partial charge in [-0.3, -0.25) is 19.3 Å².